The van der Waals surface area contributed by atoms with Crippen molar-refractivity contribution in [3.63, 3.8) is 0 Å². The van der Waals surface area contributed by atoms with Crippen molar-refractivity contribution in [1.82, 2.24) is 0 Å². The van der Waals surface area contributed by atoms with Gasteiger partial charge in [0.2, 0.25) is 0 Å². The molecule has 0 N–H and O–H groups in total. The van der Waals surface area contributed by atoms with Crippen LogP contribution in [0.4, 0.5) is 0 Å². The molecule has 0 aromatic heterocycles. The Bertz CT molecular complexity index is 132. The number of hydrogen-bond acceptors (Lipinski definition) is 0. The Morgan fingerprint density at radius 2 is 1.11 bits per heavy atom. The Balaban J connectivity index is -0.0000000447. The fourth-order valence-corrected chi connectivity index (χ4v) is 0.340. The molecule has 1 aliphatic carbocycles. The minimum atomic E-state index is 0. The second-order valence-corrected chi connectivity index (χ2v) is 5.18. The predicted molar refractivity (Wildman–Crippen MR) is 88.6 cm³/mol. The molecule has 0 saturated carbocycles. The van der Waals surface area contributed by atoms with Crippen LogP contribution < -0.4 is 0 Å². The molecule has 0 heterocycles. The quantitative estimate of drug-likeness (QED) is 0.318. The van der Waals surface area contributed by atoms with Gasteiger partial charge in [-0.05, 0) is 0 Å². The third kappa shape index (κ3) is 171. The molecule has 0 radical (unpaired) electrons. The number of allylic oxidation sites excluding steroid dienone is 4. The molecule has 0 atom stereocenters. The van der Waals surface area contributed by atoms with Crippen molar-refractivity contribution in [2.24, 2.45) is 17.8 Å². The normalized spacial score (nSPS) is 10.3. The second kappa shape index (κ2) is 26.8. The predicted octanol–water partition coefficient (Wildman–Crippen LogP) is 6.18. The molecule has 1 aliphatic rings. The van der Waals surface area contributed by atoms with E-state index < -0.39 is 0 Å². The molecule has 0 aromatic carbocycles. The van der Waals surface area contributed by atoms with Crippen LogP contribution in [0.1, 0.15) is 48.0 Å². The second-order valence-electron chi connectivity index (χ2n) is 5.18. The van der Waals surface area contributed by atoms with Gasteiger partial charge in [-0.15, -0.1) is 6.42 Å². The van der Waals surface area contributed by atoms with Crippen LogP contribution in [0.5, 0.6) is 0 Å². The van der Waals surface area contributed by atoms with Crippen molar-refractivity contribution in [3.05, 3.63) is 52.5 Å². The molecule has 0 nitrogen and oxygen atoms in total. The third-order valence-corrected chi connectivity index (χ3v) is 0.586. The Morgan fingerprint density at radius 1 is 0.842 bits per heavy atom. The molecule has 0 saturated heterocycles. The molecule has 0 bridgehead atoms. The maximum Gasteiger partial charge on any atom is 0 e. The first-order valence-electron chi connectivity index (χ1n) is 6.41. The first kappa shape index (κ1) is 31.6. The van der Waals surface area contributed by atoms with Crippen LogP contribution in [-0.4, -0.2) is 0 Å². The fourth-order valence-electron chi connectivity index (χ4n) is 0.340. The van der Waals surface area contributed by atoms with Crippen molar-refractivity contribution < 1.29 is 25.8 Å². The van der Waals surface area contributed by atoms with Gasteiger partial charge >= 0.3 is 0 Å². The summed E-state index contributed by atoms with van der Waals surface area (Å²) in [6, 6.07) is 0. The zero-order valence-corrected chi connectivity index (χ0v) is 17.9. The summed E-state index contributed by atoms with van der Waals surface area (Å²) >= 11 is 0. The largest absolute Gasteiger partial charge is 0.358 e. The summed E-state index contributed by atoms with van der Waals surface area (Å²) in [5.41, 5.74) is 0. The van der Waals surface area contributed by atoms with E-state index >= 15 is 0 Å². The monoisotopic (exact) mass is 431 g/mol. The molecule has 0 unspecified atom stereocenters. The summed E-state index contributed by atoms with van der Waals surface area (Å²) in [7, 11) is 0. The van der Waals surface area contributed by atoms with E-state index in [4.69, 9.17) is 0 Å². The van der Waals surface area contributed by atoms with Crippen LogP contribution in [0.25, 0.3) is 0 Å². The SMILES string of the molecule is [C-]1=CC=CC1.[CH2-]C(C)C.[CH2-]C(C)C.[CH2-]C(C)C.[CH3-].[Hf]. The first-order chi connectivity index (χ1) is 7.70. The van der Waals surface area contributed by atoms with E-state index in [1.54, 1.807) is 0 Å². The molecule has 0 spiro atoms. The van der Waals surface area contributed by atoms with Gasteiger partial charge < -0.3 is 28.2 Å². The first-order valence-corrected chi connectivity index (χ1v) is 6.41. The van der Waals surface area contributed by atoms with Crippen LogP contribution in [0.2, 0.25) is 0 Å². The van der Waals surface area contributed by atoms with E-state index in [1.807, 2.05) is 12.2 Å². The van der Waals surface area contributed by atoms with Gasteiger partial charge in [0.05, 0.1) is 0 Å². The summed E-state index contributed by atoms with van der Waals surface area (Å²) in [5.74, 6) is 1.75. The molecule has 0 fully saturated rings. The Kier molecular flexibility index (Phi) is 44.7. The zero-order valence-electron chi connectivity index (χ0n) is 14.3. The Morgan fingerprint density at radius 3 is 1.16 bits per heavy atom. The van der Waals surface area contributed by atoms with Crippen molar-refractivity contribution in [3.8, 4) is 0 Å². The molecule has 1 heteroatoms. The maximum absolute atomic E-state index is 3.64. The standard InChI is InChI=1S/C5H5.3C4H9.CH3.Hf/c1-2-4-5-3-1;3*1-4(2)3;;/h1-3H,4H2;3*4H,1H2,2-3H3;1H3;/q5*-1;. The van der Waals surface area contributed by atoms with Crippen LogP contribution >= 0.6 is 0 Å². The smallest absolute Gasteiger partial charge is 0 e. The number of hydrogen-bond donors (Lipinski definition) is 0. The molecule has 0 aliphatic heterocycles. The summed E-state index contributed by atoms with van der Waals surface area (Å²) in [4.78, 5) is 0. The molecule has 19 heavy (non-hydrogen) atoms. The topological polar surface area (TPSA) is 0 Å². The van der Waals surface area contributed by atoms with Crippen molar-refractivity contribution in [2.45, 2.75) is 48.0 Å². The van der Waals surface area contributed by atoms with Crippen molar-refractivity contribution in [1.29, 1.82) is 0 Å². The summed E-state index contributed by atoms with van der Waals surface area (Å²) in [6.07, 6.45) is 10.0. The van der Waals surface area contributed by atoms with E-state index in [-0.39, 0.29) is 33.3 Å². The van der Waals surface area contributed by atoms with E-state index in [0.717, 1.165) is 6.42 Å². The van der Waals surface area contributed by atoms with Crippen LogP contribution in [0.15, 0.2) is 18.2 Å². The minimum absolute atomic E-state index is 0. The van der Waals surface area contributed by atoms with Crippen molar-refractivity contribution in [2.75, 3.05) is 0 Å². The van der Waals surface area contributed by atoms with Gasteiger partial charge in [-0.25, -0.2) is 12.2 Å². The van der Waals surface area contributed by atoms with E-state index in [2.05, 4.69) is 74.5 Å². The van der Waals surface area contributed by atoms with Crippen LogP contribution in [0.3, 0.4) is 0 Å². The van der Waals surface area contributed by atoms with Crippen LogP contribution in [0, 0.1) is 52.0 Å². The van der Waals surface area contributed by atoms with Gasteiger partial charge in [-0.2, -0.15) is 23.8 Å². The summed E-state index contributed by atoms with van der Waals surface area (Å²) < 4.78 is 0. The zero-order chi connectivity index (χ0) is 14.3. The summed E-state index contributed by atoms with van der Waals surface area (Å²) in [5, 5.41) is 0. The number of rotatable bonds is 0. The molecule has 116 valence electrons. The average Bonchev–Trinajstić information content (AvgIpc) is 2.53. The molecule has 1 rings (SSSR count). The van der Waals surface area contributed by atoms with E-state index in [9.17, 15) is 0 Å². The van der Waals surface area contributed by atoms with E-state index in [1.165, 1.54) is 0 Å². The van der Waals surface area contributed by atoms with Crippen LogP contribution in [-0.2, 0) is 25.8 Å². The van der Waals surface area contributed by atoms with Gasteiger partial charge in [-0.3, -0.25) is 6.08 Å². The van der Waals surface area contributed by atoms with Gasteiger partial charge in [0.25, 0.3) is 0 Å². The molecular formula is C18H35Hf-5. The Labute approximate surface area is 143 Å². The molecule has 0 amide bonds. The van der Waals surface area contributed by atoms with E-state index in [0.29, 0.717) is 17.8 Å². The average molecular weight is 430 g/mol. The third-order valence-electron chi connectivity index (χ3n) is 0.586. The molecular weight excluding hydrogens is 395 g/mol. The summed E-state index contributed by atoms with van der Waals surface area (Å²) in [6.45, 7) is 23.2. The minimum Gasteiger partial charge on any atom is -0.358 e. The Hall–Kier alpha value is 0.350. The van der Waals surface area contributed by atoms with Gasteiger partial charge in [0.15, 0.2) is 0 Å². The molecule has 0 aromatic rings. The fraction of sp³-hybridized carbons (Fsp3) is 0.556. The van der Waals surface area contributed by atoms with Crippen molar-refractivity contribution >= 4 is 0 Å². The van der Waals surface area contributed by atoms with Gasteiger partial charge in [0, 0.05) is 25.8 Å². The maximum atomic E-state index is 3.64. The van der Waals surface area contributed by atoms with Gasteiger partial charge in [0.1, 0.15) is 0 Å². The van der Waals surface area contributed by atoms with Gasteiger partial charge in [-0.1, -0.05) is 41.5 Å².